The van der Waals surface area contributed by atoms with Crippen molar-refractivity contribution in [3.05, 3.63) is 95.3 Å². The molecule has 0 radical (unpaired) electrons. The lowest BCUT2D eigenvalue weighted by Gasteiger charge is -2.30. The van der Waals surface area contributed by atoms with E-state index >= 15 is 0 Å². The standard InChI is InChI=1S/C43H41N9O7/c1-24(53)50-16-17-51-35(23-50)38(49-39(51)25-12-18-59-19-13-25)28-5-2-4-26-20-33(47-22-30(26)28)27-8-9-32(46-21-27)40(55)45-15-14-44-31-7-3-6-29-37(31)43(58)52(42(29)57)34-10-11-36(54)48-41(34)56/h2-9,20-22,25,34,44H,10-19,23H2,1H3,(H,45,55)(H,48,54,56). The van der Waals surface area contributed by atoms with E-state index in [1.807, 2.05) is 29.3 Å². The minimum Gasteiger partial charge on any atom is -0.383 e. The molecule has 0 saturated carbocycles. The fourth-order valence-electron chi connectivity index (χ4n) is 8.49. The average Bonchev–Trinajstić information content (AvgIpc) is 3.76. The fourth-order valence-corrected chi connectivity index (χ4v) is 8.49. The highest BCUT2D eigenvalue weighted by molar-refractivity contribution is 6.25. The van der Waals surface area contributed by atoms with E-state index in [0.29, 0.717) is 50.1 Å². The molecule has 2 saturated heterocycles. The summed E-state index contributed by atoms with van der Waals surface area (Å²) >= 11 is 0. The number of pyridine rings is 2. The number of amides is 6. The molecule has 9 rings (SSSR count). The Morgan fingerprint density at radius 3 is 2.49 bits per heavy atom. The molecule has 2 fully saturated rings. The Morgan fingerprint density at radius 2 is 1.71 bits per heavy atom. The zero-order valence-electron chi connectivity index (χ0n) is 32.3. The van der Waals surface area contributed by atoms with Gasteiger partial charge >= 0.3 is 0 Å². The molecule has 59 heavy (non-hydrogen) atoms. The van der Waals surface area contributed by atoms with Crippen LogP contribution in [0.5, 0.6) is 0 Å². The number of fused-ring (bicyclic) bond motifs is 3. The maximum atomic E-state index is 13.4. The van der Waals surface area contributed by atoms with Crippen LogP contribution < -0.4 is 16.0 Å². The van der Waals surface area contributed by atoms with E-state index in [4.69, 9.17) is 14.7 Å². The molecule has 7 heterocycles. The molecule has 0 bridgehead atoms. The van der Waals surface area contributed by atoms with Gasteiger partial charge in [-0.05, 0) is 55.0 Å². The van der Waals surface area contributed by atoms with E-state index < -0.39 is 35.6 Å². The first-order chi connectivity index (χ1) is 28.7. The fraction of sp³-hybridized carbons (Fsp3) is 0.326. The Morgan fingerprint density at radius 1 is 0.898 bits per heavy atom. The Balaban J connectivity index is 0.866. The predicted octanol–water partition coefficient (Wildman–Crippen LogP) is 3.66. The third kappa shape index (κ3) is 6.98. The summed E-state index contributed by atoms with van der Waals surface area (Å²) in [6.45, 7) is 5.30. The van der Waals surface area contributed by atoms with Crippen LogP contribution in [0.4, 0.5) is 5.69 Å². The van der Waals surface area contributed by atoms with Gasteiger partial charge in [0.25, 0.3) is 17.7 Å². The Labute approximate surface area is 338 Å². The zero-order valence-corrected chi connectivity index (χ0v) is 32.3. The highest BCUT2D eigenvalue weighted by atomic mass is 16.5. The molecular formula is C43H41N9O7. The van der Waals surface area contributed by atoms with Gasteiger partial charge in [-0.2, -0.15) is 0 Å². The van der Waals surface area contributed by atoms with Crippen molar-refractivity contribution in [1.82, 2.24) is 40.0 Å². The number of imidazole rings is 1. The minimum atomic E-state index is -1.06. The predicted molar refractivity (Wildman–Crippen MR) is 214 cm³/mol. The largest absolute Gasteiger partial charge is 0.383 e. The number of imide groups is 2. The Bertz CT molecular complexity index is 2560. The van der Waals surface area contributed by atoms with E-state index in [2.05, 4.69) is 31.6 Å². The molecule has 1 unspecified atom stereocenters. The van der Waals surface area contributed by atoms with E-state index in [0.717, 1.165) is 56.9 Å². The summed E-state index contributed by atoms with van der Waals surface area (Å²) < 4.78 is 7.95. The summed E-state index contributed by atoms with van der Waals surface area (Å²) in [5, 5.41) is 10.0. The van der Waals surface area contributed by atoms with Crippen LogP contribution >= 0.6 is 0 Å². The second-order valence-corrected chi connectivity index (χ2v) is 15.1. The number of aromatic nitrogens is 4. The van der Waals surface area contributed by atoms with Crippen molar-refractivity contribution in [1.29, 1.82) is 0 Å². The van der Waals surface area contributed by atoms with Crippen molar-refractivity contribution in [2.75, 3.05) is 38.2 Å². The normalized spacial score (nSPS) is 18.2. The maximum absolute atomic E-state index is 13.4. The number of hydrogen-bond donors (Lipinski definition) is 3. The molecule has 0 spiro atoms. The van der Waals surface area contributed by atoms with Crippen molar-refractivity contribution >= 4 is 51.9 Å². The van der Waals surface area contributed by atoms with Gasteiger partial charge in [-0.3, -0.25) is 49.0 Å². The molecule has 6 amide bonds. The molecule has 16 nitrogen and oxygen atoms in total. The molecule has 3 N–H and O–H groups in total. The number of anilines is 1. The molecule has 3 aromatic heterocycles. The molecule has 1 atom stereocenters. The number of rotatable bonds is 9. The summed E-state index contributed by atoms with van der Waals surface area (Å²) in [5.41, 5.74) is 5.20. The van der Waals surface area contributed by atoms with Crippen LogP contribution in [0.3, 0.4) is 0 Å². The van der Waals surface area contributed by atoms with Gasteiger partial charge < -0.3 is 24.8 Å². The lowest BCUT2D eigenvalue weighted by molar-refractivity contribution is -0.136. The van der Waals surface area contributed by atoms with Crippen LogP contribution in [-0.4, -0.2) is 104 Å². The van der Waals surface area contributed by atoms with Crippen molar-refractivity contribution in [3.63, 3.8) is 0 Å². The van der Waals surface area contributed by atoms with Crippen molar-refractivity contribution in [2.45, 2.75) is 57.7 Å². The molecule has 16 heteroatoms. The van der Waals surface area contributed by atoms with Crippen molar-refractivity contribution < 1.29 is 33.5 Å². The smallest absolute Gasteiger partial charge is 0.269 e. The lowest BCUT2D eigenvalue weighted by Crippen LogP contribution is -2.54. The first kappa shape index (κ1) is 37.7. The van der Waals surface area contributed by atoms with E-state index in [9.17, 15) is 28.8 Å². The number of carbonyl (C=O) groups is 6. The number of nitrogens with zero attached hydrogens (tertiary/aromatic N) is 6. The number of ether oxygens (including phenoxy) is 1. The highest BCUT2D eigenvalue weighted by Gasteiger charge is 2.45. The average molecular weight is 796 g/mol. The van der Waals surface area contributed by atoms with Gasteiger partial charge in [0, 0.05) is 93.2 Å². The number of hydrogen-bond acceptors (Lipinski definition) is 11. The van der Waals surface area contributed by atoms with Gasteiger partial charge in [-0.25, -0.2) is 4.98 Å². The lowest BCUT2D eigenvalue weighted by atomic mass is 9.99. The highest BCUT2D eigenvalue weighted by Crippen LogP contribution is 2.38. The number of piperidine rings is 1. The molecule has 2 aromatic carbocycles. The summed E-state index contributed by atoms with van der Waals surface area (Å²) in [5.74, 6) is -1.32. The SMILES string of the molecule is CC(=O)N1CCn2c(C3CCOCC3)nc(-c3cccc4cc(-c5ccc(C(=O)NCCNc6cccc7c6C(=O)N(C6CCC(=O)NC6=O)C7=O)nc5)ncc34)c2C1. The third-order valence-corrected chi connectivity index (χ3v) is 11.6. The quantitative estimate of drug-likeness (QED) is 0.145. The zero-order chi connectivity index (χ0) is 40.8. The van der Waals surface area contributed by atoms with Gasteiger partial charge in [0.15, 0.2) is 0 Å². The Kier molecular flexibility index (Phi) is 9.92. The third-order valence-electron chi connectivity index (χ3n) is 11.6. The van der Waals surface area contributed by atoms with Crippen LogP contribution in [-0.2, 0) is 32.2 Å². The Hall–Kier alpha value is -6.81. The second-order valence-electron chi connectivity index (χ2n) is 15.1. The van der Waals surface area contributed by atoms with Crippen LogP contribution in [0.1, 0.15) is 81.2 Å². The maximum Gasteiger partial charge on any atom is 0.269 e. The molecule has 0 aliphatic carbocycles. The summed E-state index contributed by atoms with van der Waals surface area (Å²) in [6.07, 6.45) is 5.38. The van der Waals surface area contributed by atoms with Crippen LogP contribution in [0.25, 0.3) is 33.3 Å². The van der Waals surface area contributed by atoms with Gasteiger partial charge in [0.1, 0.15) is 17.6 Å². The van der Waals surface area contributed by atoms with Gasteiger partial charge in [-0.15, -0.1) is 0 Å². The first-order valence-electron chi connectivity index (χ1n) is 19.8. The number of carbonyl (C=O) groups excluding carboxylic acids is 6. The van der Waals surface area contributed by atoms with E-state index in [1.54, 1.807) is 37.4 Å². The van der Waals surface area contributed by atoms with Gasteiger partial charge in [0.05, 0.1) is 34.8 Å². The molecule has 4 aliphatic rings. The molecule has 300 valence electrons. The molecular weight excluding hydrogens is 755 g/mol. The van der Waals surface area contributed by atoms with Crippen LogP contribution in [0.15, 0.2) is 67.0 Å². The van der Waals surface area contributed by atoms with E-state index in [-0.39, 0.29) is 48.7 Å². The first-order valence-corrected chi connectivity index (χ1v) is 19.8. The van der Waals surface area contributed by atoms with Crippen molar-refractivity contribution in [3.8, 4) is 22.5 Å². The monoisotopic (exact) mass is 795 g/mol. The minimum absolute atomic E-state index is 0.0327. The van der Waals surface area contributed by atoms with Crippen LogP contribution in [0.2, 0.25) is 0 Å². The van der Waals surface area contributed by atoms with E-state index in [1.165, 1.54) is 6.07 Å². The second kappa shape index (κ2) is 15.5. The van der Waals surface area contributed by atoms with Gasteiger partial charge in [-0.1, -0.05) is 24.3 Å². The molecule has 4 aliphatic heterocycles. The number of nitrogens with one attached hydrogen (secondary N) is 3. The summed E-state index contributed by atoms with van der Waals surface area (Å²) in [6, 6.07) is 15.3. The van der Waals surface area contributed by atoms with Gasteiger partial charge in [0.2, 0.25) is 17.7 Å². The van der Waals surface area contributed by atoms with Crippen LogP contribution in [0, 0.1) is 0 Å². The summed E-state index contributed by atoms with van der Waals surface area (Å²) in [7, 11) is 0. The van der Waals surface area contributed by atoms with Crippen molar-refractivity contribution in [2.24, 2.45) is 0 Å². The summed E-state index contributed by atoms with van der Waals surface area (Å²) in [4.78, 5) is 93.3. The topological polar surface area (TPSA) is 198 Å². The number of benzene rings is 2. The molecule has 5 aromatic rings.